The normalized spacial score (nSPS) is 16.1. The molecule has 104 valence electrons. The van der Waals surface area contributed by atoms with Crippen LogP contribution < -0.4 is 16.0 Å². The molecule has 7 nitrogen and oxygen atoms in total. The van der Waals surface area contributed by atoms with Gasteiger partial charge in [-0.25, -0.2) is 0 Å². The number of ether oxygens (including phenoxy) is 2. The number of nitrogens with zero attached hydrogens (tertiary/aromatic N) is 1. The lowest BCUT2D eigenvalue weighted by Gasteiger charge is -2.22. The molecular formula is C12H17N3O4. The molecule has 0 spiro atoms. The average Bonchev–Trinajstić information content (AvgIpc) is 2.45. The van der Waals surface area contributed by atoms with E-state index in [9.17, 15) is 10.1 Å². The van der Waals surface area contributed by atoms with Crippen LogP contribution in [0.1, 0.15) is 12.8 Å². The van der Waals surface area contributed by atoms with Crippen LogP contribution in [0.3, 0.4) is 0 Å². The van der Waals surface area contributed by atoms with E-state index >= 15 is 0 Å². The standard InChI is InChI=1S/C12H17N3O4/c13-14-10-2-1-3-11(12(10)15(16)17)19-8-9-4-6-18-7-5-9/h1-3,9,14H,4-8,13H2. The molecule has 7 heteroatoms. The van der Waals surface area contributed by atoms with Crippen LogP contribution in [0.25, 0.3) is 0 Å². The highest BCUT2D eigenvalue weighted by Crippen LogP contribution is 2.34. The monoisotopic (exact) mass is 267 g/mol. The predicted molar refractivity (Wildman–Crippen MR) is 69.9 cm³/mol. The topological polar surface area (TPSA) is 99.7 Å². The van der Waals surface area contributed by atoms with Gasteiger partial charge in [0.05, 0.1) is 11.5 Å². The van der Waals surface area contributed by atoms with Crippen molar-refractivity contribution < 1.29 is 14.4 Å². The summed E-state index contributed by atoms with van der Waals surface area (Å²) >= 11 is 0. The summed E-state index contributed by atoms with van der Waals surface area (Å²) in [5, 5.41) is 11.1. The Bertz CT molecular complexity index is 447. The summed E-state index contributed by atoms with van der Waals surface area (Å²) in [7, 11) is 0. The van der Waals surface area contributed by atoms with Crippen LogP contribution in [0.5, 0.6) is 5.75 Å². The van der Waals surface area contributed by atoms with Gasteiger partial charge in [-0.1, -0.05) is 6.07 Å². The molecule has 1 aromatic carbocycles. The van der Waals surface area contributed by atoms with E-state index in [0.29, 0.717) is 12.5 Å². The molecule has 1 aliphatic heterocycles. The van der Waals surface area contributed by atoms with Gasteiger partial charge in [-0.15, -0.1) is 0 Å². The number of nitro benzene ring substituents is 1. The van der Waals surface area contributed by atoms with Crippen LogP contribution in [0.15, 0.2) is 18.2 Å². The zero-order chi connectivity index (χ0) is 13.7. The van der Waals surface area contributed by atoms with Gasteiger partial charge in [0.1, 0.15) is 5.69 Å². The second kappa shape index (κ2) is 6.35. The van der Waals surface area contributed by atoms with E-state index in [1.165, 1.54) is 0 Å². The zero-order valence-electron chi connectivity index (χ0n) is 10.5. The van der Waals surface area contributed by atoms with Crippen molar-refractivity contribution >= 4 is 11.4 Å². The van der Waals surface area contributed by atoms with E-state index in [1.807, 2.05) is 0 Å². The molecule has 0 saturated carbocycles. The van der Waals surface area contributed by atoms with Gasteiger partial charge in [-0.3, -0.25) is 16.0 Å². The lowest BCUT2D eigenvalue weighted by Crippen LogP contribution is -2.21. The van der Waals surface area contributed by atoms with E-state index in [-0.39, 0.29) is 17.1 Å². The van der Waals surface area contributed by atoms with Crippen LogP contribution >= 0.6 is 0 Å². The molecule has 0 aromatic heterocycles. The first-order valence-corrected chi connectivity index (χ1v) is 6.17. The van der Waals surface area contributed by atoms with Gasteiger partial charge in [0.15, 0.2) is 5.75 Å². The van der Waals surface area contributed by atoms with E-state index < -0.39 is 4.92 Å². The van der Waals surface area contributed by atoms with Crippen molar-refractivity contribution in [3.05, 3.63) is 28.3 Å². The maximum absolute atomic E-state index is 11.1. The molecule has 1 aliphatic rings. The third-order valence-corrected chi connectivity index (χ3v) is 3.15. The molecule has 1 heterocycles. The number of rotatable bonds is 5. The van der Waals surface area contributed by atoms with Gasteiger partial charge in [0, 0.05) is 13.2 Å². The molecule has 1 fully saturated rings. The second-order valence-corrected chi connectivity index (χ2v) is 4.42. The lowest BCUT2D eigenvalue weighted by atomic mass is 10.0. The summed E-state index contributed by atoms with van der Waals surface area (Å²) in [6, 6.07) is 4.79. The van der Waals surface area contributed by atoms with Gasteiger partial charge < -0.3 is 14.9 Å². The lowest BCUT2D eigenvalue weighted by molar-refractivity contribution is -0.385. The van der Waals surface area contributed by atoms with Gasteiger partial charge in [-0.05, 0) is 30.9 Å². The number of nitro groups is 1. The first kappa shape index (κ1) is 13.6. The Labute approximate surface area is 110 Å². The van der Waals surface area contributed by atoms with Gasteiger partial charge in [0.2, 0.25) is 0 Å². The Balaban J connectivity index is 2.08. The number of anilines is 1. The summed E-state index contributed by atoms with van der Waals surface area (Å²) < 4.78 is 10.8. The highest BCUT2D eigenvalue weighted by atomic mass is 16.6. The van der Waals surface area contributed by atoms with Crippen LogP contribution in [0.2, 0.25) is 0 Å². The second-order valence-electron chi connectivity index (χ2n) is 4.42. The fourth-order valence-electron chi connectivity index (χ4n) is 2.06. The van der Waals surface area contributed by atoms with Crippen LogP contribution in [0, 0.1) is 16.0 Å². The fourth-order valence-corrected chi connectivity index (χ4v) is 2.06. The Hall–Kier alpha value is -1.86. The zero-order valence-corrected chi connectivity index (χ0v) is 10.5. The van der Waals surface area contributed by atoms with Gasteiger partial charge in [-0.2, -0.15) is 0 Å². The average molecular weight is 267 g/mol. The molecule has 0 unspecified atom stereocenters. The predicted octanol–water partition coefficient (Wildman–Crippen LogP) is 1.69. The van der Waals surface area contributed by atoms with E-state index in [0.717, 1.165) is 26.1 Å². The van der Waals surface area contributed by atoms with Crippen molar-refractivity contribution in [2.24, 2.45) is 11.8 Å². The molecular weight excluding hydrogens is 250 g/mol. The van der Waals surface area contributed by atoms with E-state index in [2.05, 4.69) is 5.43 Å². The van der Waals surface area contributed by atoms with Crippen molar-refractivity contribution in [2.75, 3.05) is 25.2 Å². The van der Waals surface area contributed by atoms with Crippen molar-refractivity contribution in [3.8, 4) is 5.75 Å². The number of hydrazine groups is 1. The molecule has 0 amide bonds. The number of para-hydroxylation sites is 1. The minimum absolute atomic E-state index is 0.128. The Morgan fingerprint density at radius 2 is 2.21 bits per heavy atom. The van der Waals surface area contributed by atoms with Crippen LogP contribution in [-0.4, -0.2) is 24.7 Å². The fraction of sp³-hybridized carbons (Fsp3) is 0.500. The Morgan fingerprint density at radius 3 is 2.84 bits per heavy atom. The molecule has 19 heavy (non-hydrogen) atoms. The number of nitrogen functional groups attached to an aromatic ring is 1. The maximum atomic E-state index is 11.1. The molecule has 3 N–H and O–H groups in total. The third-order valence-electron chi connectivity index (χ3n) is 3.15. The van der Waals surface area contributed by atoms with Crippen molar-refractivity contribution in [1.29, 1.82) is 0 Å². The molecule has 0 bridgehead atoms. The summed E-state index contributed by atoms with van der Waals surface area (Å²) in [4.78, 5) is 10.6. The molecule has 0 radical (unpaired) electrons. The maximum Gasteiger partial charge on any atom is 0.335 e. The van der Waals surface area contributed by atoms with Crippen molar-refractivity contribution in [3.63, 3.8) is 0 Å². The highest BCUT2D eigenvalue weighted by Gasteiger charge is 2.22. The minimum Gasteiger partial charge on any atom is -0.486 e. The van der Waals surface area contributed by atoms with Crippen LogP contribution in [-0.2, 0) is 4.74 Å². The summed E-state index contributed by atoms with van der Waals surface area (Å²) in [5.74, 6) is 5.89. The Morgan fingerprint density at radius 1 is 1.47 bits per heavy atom. The molecule has 1 aromatic rings. The quantitative estimate of drug-likeness (QED) is 0.478. The molecule has 1 saturated heterocycles. The van der Waals surface area contributed by atoms with Gasteiger partial charge >= 0.3 is 5.69 Å². The van der Waals surface area contributed by atoms with Crippen molar-refractivity contribution in [2.45, 2.75) is 12.8 Å². The number of benzene rings is 1. The number of nitrogens with one attached hydrogen (secondary N) is 1. The third kappa shape index (κ3) is 3.33. The van der Waals surface area contributed by atoms with E-state index in [1.54, 1.807) is 18.2 Å². The number of hydrogen-bond donors (Lipinski definition) is 2. The van der Waals surface area contributed by atoms with Crippen LogP contribution in [0.4, 0.5) is 11.4 Å². The van der Waals surface area contributed by atoms with E-state index in [4.69, 9.17) is 15.3 Å². The largest absolute Gasteiger partial charge is 0.486 e. The number of nitrogens with two attached hydrogens (primary N) is 1. The first-order valence-electron chi connectivity index (χ1n) is 6.17. The smallest absolute Gasteiger partial charge is 0.335 e. The van der Waals surface area contributed by atoms with Crippen molar-refractivity contribution in [1.82, 2.24) is 0 Å². The first-order chi connectivity index (χ1) is 9.22. The minimum atomic E-state index is -0.492. The van der Waals surface area contributed by atoms with Gasteiger partial charge in [0.25, 0.3) is 0 Å². The number of hydrogen-bond acceptors (Lipinski definition) is 6. The summed E-state index contributed by atoms with van der Waals surface area (Å²) in [6.45, 7) is 1.90. The molecule has 0 aliphatic carbocycles. The summed E-state index contributed by atoms with van der Waals surface area (Å²) in [5.41, 5.74) is 2.43. The summed E-state index contributed by atoms with van der Waals surface area (Å²) in [6.07, 6.45) is 1.84. The highest BCUT2D eigenvalue weighted by molar-refractivity contribution is 5.67. The molecule has 0 atom stereocenters. The molecule has 2 rings (SSSR count). The SMILES string of the molecule is NNc1cccc(OCC2CCOCC2)c1[N+](=O)[O-]. The Kier molecular flexibility index (Phi) is 4.53.